The highest BCUT2D eigenvalue weighted by Gasteiger charge is 2.14. The number of rotatable bonds is 13. The standard InChI is InChI=1S/C20H31ClN4OS/c1-3-5-7-8-9-10-11-22-17(26)14-27-20-19-18(16(21)13-23-20)24-15-25(19)12-6-4-2/h13,15H,3-12,14H2,1-2H3,(H,22,26). The van der Waals surface area contributed by atoms with Crippen molar-refractivity contribution < 1.29 is 4.79 Å². The van der Waals surface area contributed by atoms with E-state index in [0.29, 0.717) is 10.8 Å². The fraction of sp³-hybridized carbons (Fsp3) is 0.650. The molecule has 2 rings (SSSR count). The Morgan fingerprint density at radius 3 is 2.63 bits per heavy atom. The first-order valence-electron chi connectivity index (χ1n) is 10.1. The summed E-state index contributed by atoms with van der Waals surface area (Å²) in [4.78, 5) is 21.0. The second-order valence-corrected chi connectivity index (χ2v) is 8.18. The van der Waals surface area contributed by atoms with Crippen LogP contribution in [0.4, 0.5) is 0 Å². The molecule has 150 valence electrons. The van der Waals surface area contributed by atoms with E-state index >= 15 is 0 Å². The Balaban J connectivity index is 1.84. The van der Waals surface area contributed by atoms with Gasteiger partial charge in [-0.05, 0) is 12.8 Å². The molecule has 0 aliphatic heterocycles. The molecule has 27 heavy (non-hydrogen) atoms. The van der Waals surface area contributed by atoms with Gasteiger partial charge < -0.3 is 9.88 Å². The number of thioether (sulfide) groups is 1. The summed E-state index contributed by atoms with van der Waals surface area (Å²) in [5.74, 6) is 0.413. The molecule has 1 N–H and O–H groups in total. The Morgan fingerprint density at radius 2 is 1.85 bits per heavy atom. The van der Waals surface area contributed by atoms with E-state index in [0.717, 1.165) is 48.4 Å². The summed E-state index contributed by atoms with van der Waals surface area (Å²) in [6, 6.07) is 0. The predicted octanol–water partition coefficient (Wildman–Crippen LogP) is 5.45. The maximum absolute atomic E-state index is 12.1. The number of fused-ring (bicyclic) bond motifs is 1. The van der Waals surface area contributed by atoms with Gasteiger partial charge in [-0.1, -0.05) is 75.7 Å². The smallest absolute Gasteiger partial charge is 0.230 e. The van der Waals surface area contributed by atoms with E-state index in [9.17, 15) is 4.79 Å². The molecular weight excluding hydrogens is 380 g/mol. The molecule has 0 fully saturated rings. The average molecular weight is 411 g/mol. The zero-order valence-corrected chi connectivity index (χ0v) is 18.0. The van der Waals surface area contributed by atoms with E-state index < -0.39 is 0 Å². The highest BCUT2D eigenvalue weighted by molar-refractivity contribution is 8.00. The van der Waals surface area contributed by atoms with Gasteiger partial charge in [-0.25, -0.2) is 9.97 Å². The summed E-state index contributed by atoms with van der Waals surface area (Å²) in [5, 5.41) is 4.38. The fourth-order valence-electron chi connectivity index (χ4n) is 2.94. The molecule has 0 aromatic carbocycles. The van der Waals surface area contributed by atoms with Crippen LogP contribution in [-0.2, 0) is 11.3 Å². The molecule has 2 aromatic rings. The van der Waals surface area contributed by atoms with Gasteiger partial charge in [0.1, 0.15) is 16.1 Å². The first-order valence-corrected chi connectivity index (χ1v) is 11.4. The fourth-order valence-corrected chi connectivity index (χ4v) is 3.98. The van der Waals surface area contributed by atoms with Crippen LogP contribution in [0, 0.1) is 0 Å². The van der Waals surface area contributed by atoms with Crippen LogP contribution in [0.3, 0.4) is 0 Å². The van der Waals surface area contributed by atoms with Gasteiger partial charge in [0, 0.05) is 19.3 Å². The van der Waals surface area contributed by atoms with Crippen molar-refractivity contribution in [2.45, 2.75) is 76.8 Å². The largest absolute Gasteiger partial charge is 0.355 e. The zero-order valence-electron chi connectivity index (χ0n) is 16.5. The van der Waals surface area contributed by atoms with Gasteiger partial charge in [0.05, 0.1) is 17.1 Å². The quantitative estimate of drug-likeness (QED) is 0.352. The number of imidazole rings is 1. The number of unbranched alkanes of at least 4 members (excludes halogenated alkanes) is 6. The van der Waals surface area contributed by atoms with E-state index in [-0.39, 0.29) is 5.91 Å². The maximum atomic E-state index is 12.1. The summed E-state index contributed by atoms with van der Waals surface area (Å²) in [5.41, 5.74) is 1.70. The second kappa shape index (κ2) is 12.2. The van der Waals surface area contributed by atoms with Crippen LogP contribution in [0.25, 0.3) is 11.0 Å². The summed E-state index contributed by atoms with van der Waals surface area (Å²) >= 11 is 7.69. The minimum absolute atomic E-state index is 0.0538. The number of pyridine rings is 1. The number of hydrogen-bond acceptors (Lipinski definition) is 4. The summed E-state index contributed by atoms with van der Waals surface area (Å²) in [7, 11) is 0. The van der Waals surface area contributed by atoms with E-state index in [4.69, 9.17) is 11.6 Å². The molecule has 0 saturated heterocycles. The number of amides is 1. The number of hydrogen-bond donors (Lipinski definition) is 1. The van der Waals surface area contributed by atoms with Gasteiger partial charge in [0.15, 0.2) is 0 Å². The molecule has 0 saturated carbocycles. The highest BCUT2D eigenvalue weighted by atomic mass is 35.5. The molecule has 0 aliphatic rings. The van der Waals surface area contributed by atoms with Crippen molar-refractivity contribution >= 4 is 40.3 Å². The van der Waals surface area contributed by atoms with E-state index in [2.05, 4.69) is 33.7 Å². The molecule has 5 nitrogen and oxygen atoms in total. The Labute approximate surface area is 171 Å². The molecule has 0 spiro atoms. The molecule has 2 heterocycles. The minimum Gasteiger partial charge on any atom is -0.355 e. The van der Waals surface area contributed by atoms with Crippen molar-refractivity contribution in [3.05, 3.63) is 17.5 Å². The van der Waals surface area contributed by atoms with Crippen molar-refractivity contribution in [3.63, 3.8) is 0 Å². The number of halogens is 1. The van der Waals surface area contributed by atoms with Crippen LogP contribution in [0.1, 0.15) is 65.2 Å². The lowest BCUT2D eigenvalue weighted by Gasteiger charge is -2.08. The number of aryl methyl sites for hydroxylation is 1. The molecule has 0 bridgehead atoms. The van der Waals surface area contributed by atoms with Crippen molar-refractivity contribution in [2.75, 3.05) is 12.3 Å². The van der Waals surface area contributed by atoms with Gasteiger partial charge in [-0.15, -0.1) is 0 Å². The molecule has 0 atom stereocenters. The van der Waals surface area contributed by atoms with Crippen LogP contribution in [0.2, 0.25) is 5.02 Å². The lowest BCUT2D eigenvalue weighted by molar-refractivity contribution is -0.118. The highest BCUT2D eigenvalue weighted by Crippen LogP contribution is 2.30. The Kier molecular flexibility index (Phi) is 9.98. The van der Waals surface area contributed by atoms with Crippen LogP contribution in [0.15, 0.2) is 17.6 Å². The molecule has 7 heteroatoms. The molecule has 1 amide bonds. The lowest BCUT2D eigenvalue weighted by Crippen LogP contribution is -2.26. The van der Waals surface area contributed by atoms with E-state index in [1.807, 2.05) is 6.33 Å². The molecule has 0 unspecified atom stereocenters. The lowest BCUT2D eigenvalue weighted by atomic mass is 10.1. The van der Waals surface area contributed by atoms with Gasteiger partial charge in [-0.2, -0.15) is 0 Å². The number of aromatic nitrogens is 3. The SMILES string of the molecule is CCCCCCCCNC(=O)CSc1ncc(Cl)c2ncn(CCCC)c12. The first kappa shape index (κ1) is 22.0. The van der Waals surface area contributed by atoms with Crippen molar-refractivity contribution in [3.8, 4) is 0 Å². The second-order valence-electron chi connectivity index (χ2n) is 6.81. The zero-order chi connectivity index (χ0) is 19.5. The van der Waals surface area contributed by atoms with Crippen LogP contribution >= 0.6 is 23.4 Å². The number of nitrogens with zero attached hydrogens (tertiary/aromatic N) is 3. The van der Waals surface area contributed by atoms with Crippen molar-refractivity contribution in [1.82, 2.24) is 19.9 Å². The van der Waals surface area contributed by atoms with E-state index in [1.54, 1.807) is 6.20 Å². The average Bonchev–Trinajstić information content (AvgIpc) is 3.10. The van der Waals surface area contributed by atoms with Gasteiger partial charge in [-0.3, -0.25) is 4.79 Å². The summed E-state index contributed by atoms with van der Waals surface area (Å²) in [6.07, 6.45) is 13.0. The Morgan fingerprint density at radius 1 is 1.11 bits per heavy atom. The third kappa shape index (κ3) is 7.00. The van der Waals surface area contributed by atoms with Crippen LogP contribution < -0.4 is 5.32 Å². The first-order chi connectivity index (χ1) is 13.2. The number of nitrogens with one attached hydrogen (secondary N) is 1. The number of carbonyl (C=O) groups is 1. The van der Waals surface area contributed by atoms with Gasteiger partial charge >= 0.3 is 0 Å². The topological polar surface area (TPSA) is 59.8 Å². The molecule has 2 aromatic heterocycles. The molecular formula is C20H31ClN4OS. The van der Waals surface area contributed by atoms with Gasteiger partial charge in [0.2, 0.25) is 5.91 Å². The number of carbonyl (C=O) groups excluding carboxylic acids is 1. The third-order valence-corrected chi connectivity index (χ3v) is 5.76. The normalized spacial score (nSPS) is 11.2. The Hall–Kier alpha value is -1.27. The third-order valence-electron chi connectivity index (χ3n) is 4.51. The van der Waals surface area contributed by atoms with Crippen LogP contribution in [-0.4, -0.2) is 32.7 Å². The summed E-state index contributed by atoms with van der Waals surface area (Å²) in [6.45, 7) is 6.02. The monoisotopic (exact) mass is 410 g/mol. The predicted molar refractivity (Wildman–Crippen MR) is 115 cm³/mol. The molecule has 0 aliphatic carbocycles. The van der Waals surface area contributed by atoms with Crippen LogP contribution in [0.5, 0.6) is 0 Å². The van der Waals surface area contributed by atoms with E-state index in [1.165, 1.54) is 43.9 Å². The van der Waals surface area contributed by atoms with Gasteiger partial charge in [0.25, 0.3) is 0 Å². The van der Waals surface area contributed by atoms with Crippen molar-refractivity contribution in [1.29, 1.82) is 0 Å². The van der Waals surface area contributed by atoms with Crippen molar-refractivity contribution in [2.24, 2.45) is 0 Å². The Bertz CT molecular complexity index is 719. The maximum Gasteiger partial charge on any atom is 0.230 e. The summed E-state index contributed by atoms with van der Waals surface area (Å²) < 4.78 is 2.09. The molecule has 0 radical (unpaired) electrons. The minimum atomic E-state index is 0.0538.